The molecule has 2 aromatic rings. The summed E-state index contributed by atoms with van der Waals surface area (Å²) in [5, 5.41) is 0.722. The Balaban J connectivity index is 2.02. The molecule has 0 aliphatic carbocycles. The lowest BCUT2D eigenvalue weighted by atomic mass is 10.0. The number of aryl methyl sites for hydroxylation is 1. The molecule has 0 aromatic heterocycles. The van der Waals surface area contributed by atoms with E-state index in [-0.39, 0.29) is 0 Å². The van der Waals surface area contributed by atoms with Gasteiger partial charge >= 0.3 is 0 Å². The number of rotatable bonds is 3. The minimum absolute atomic E-state index is 0.351. The lowest BCUT2D eigenvalue weighted by molar-refractivity contribution is 0.586. The van der Waals surface area contributed by atoms with Crippen LogP contribution in [0.1, 0.15) is 17.5 Å². The lowest BCUT2D eigenvalue weighted by Crippen LogP contribution is -2.35. The van der Waals surface area contributed by atoms with E-state index < -0.39 is 10.0 Å². The highest BCUT2D eigenvalue weighted by atomic mass is 79.9. The van der Waals surface area contributed by atoms with Crippen molar-refractivity contribution in [2.24, 2.45) is 0 Å². The molecule has 3 rings (SSSR count). The Hall–Kier alpha value is -1.33. The third-order valence-electron chi connectivity index (χ3n) is 3.73. The van der Waals surface area contributed by atoms with Crippen molar-refractivity contribution in [1.29, 1.82) is 0 Å². The topological polar surface area (TPSA) is 37.4 Å². The van der Waals surface area contributed by atoms with Gasteiger partial charge in [0.05, 0.1) is 10.6 Å². The van der Waals surface area contributed by atoms with E-state index in [1.165, 1.54) is 4.31 Å². The molecule has 1 aliphatic rings. The Labute approximate surface area is 133 Å². The summed E-state index contributed by atoms with van der Waals surface area (Å²) < 4.78 is 27.3. The number of anilines is 1. The average molecular weight is 366 g/mol. The molecule has 1 aliphatic heterocycles. The van der Waals surface area contributed by atoms with Crippen LogP contribution in [0.15, 0.2) is 53.4 Å². The quantitative estimate of drug-likeness (QED) is 0.777. The summed E-state index contributed by atoms with van der Waals surface area (Å²) in [6, 6.07) is 14.8. The lowest BCUT2D eigenvalue weighted by Gasteiger charge is -2.30. The number of benzene rings is 2. The Morgan fingerprint density at radius 2 is 1.76 bits per heavy atom. The summed E-state index contributed by atoms with van der Waals surface area (Å²) >= 11 is 3.37. The number of fused-ring (bicyclic) bond motifs is 1. The van der Waals surface area contributed by atoms with Crippen molar-refractivity contribution < 1.29 is 8.42 Å². The molecule has 0 N–H and O–H groups in total. The maximum absolute atomic E-state index is 12.9. The summed E-state index contributed by atoms with van der Waals surface area (Å²) in [5.74, 6) is 0. The van der Waals surface area contributed by atoms with Crippen molar-refractivity contribution in [3.63, 3.8) is 0 Å². The van der Waals surface area contributed by atoms with E-state index in [4.69, 9.17) is 0 Å². The van der Waals surface area contributed by atoms with Gasteiger partial charge in [0.15, 0.2) is 0 Å². The first-order valence-corrected chi connectivity index (χ1v) is 9.44. The molecular weight excluding hydrogens is 350 g/mol. The SMILES string of the molecule is O=S(=O)(c1ccc(CBr)cc1)N1CCCc2ccccc21. The molecule has 0 spiro atoms. The highest BCUT2D eigenvalue weighted by molar-refractivity contribution is 9.08. The third-order valence-corrected chi connectivity index (χ3v) is 6.21. The second-order valence-corrected chi connectivity index (χ2v) is 7.51. The van der Waals surface area contributed by atoms with Crippen LogP contribution in [0.5, 0.6) is 0 Å². The molecule has 110 valence electrons. The smallest absolute Gasteiger partial charge is 0.264 e. The Kier molecular flexibility index (Phi) is 4.04. The van der Waals surface area contributed by atoms with Crippen molar-refractivity contribution >= 4 is 31.6 Å². The van der Waals surface area contributed by atoms with Crippen LogP contribution in [-0.2, 0) is 21.8 Å². The van der Waals surface area contributed by atoms with Crippen molar-refractivity contribution in [2.75, 3.05) is 10.8 Å². The van der Waals surface area contributed by atoms with E-state index in [0.29, 0.717) is 11.4 Å². The van der Waals surface area contributed by atoms with Gasteiger partial charge in [-0.25, -0.2) is 8.42 Å². The van der Waals surface area contributed by atoms with Crippen LogP contribution in [-0.4, -0.2) is 15.0 Å². The first kappa shape index (κ1) is 14.6. The third kappa shape index (κ3) is 2.72. The predicted octanol–water partition coefficient (Wildman–Crippen LogP) is 3.72. The van der Waals surface area contributed by atoms with E-state index >= 15 is 0 Å². The van der Waals surface area contributed by atoms with E-state index in [1.54, 1.807) is 12.1 Å². The molecule has 0 radical (unpaired) electrons. The van der Waals surface area contributed by atoms with Crippen molar-refractivity contribution in [1.82, 2.24) is 0 Å². The Morgan fingerprint density at radius 3 is 2.48 bits per heavy atom. The molecule has 1 heterocycles. The van der Waals surface area contributed by atoms with Crippen LogP contribution in [0, 0.1) is 0 Å². The van der Waals surface area contributed by atoms with Crippen LogP contribution in [0.2, 0.25) is 0 Å². The van der Waals surface area contributed by atoms with Gasteiger partial charge in [0.1, 0.15) is 0 Å². The molecule has 0 saturated carbocycles. The number of hydrogen-bond acceptors (Lipinski definition) is 2. The molecule has 5 heteroatoms. The zero-order valence-corrected chi connectivity index (χ0v) is 13.9. The molecule has 0 bridgehead atoms. The minimum Gasteiger partial charge on any atom is -0.266 e. The minimum atomic E-state index is -3.48. The second-order valence-electron chi connectivity index (χ2n) is 5.09. The zero-order valence-electron chi connectivity index (χ0n) is 11.5. The largest absolute Gasteiger partial charge is 0.266 e. The first-order valence-electron chi connectivity index (χ1n) is 6.88. The van der Waals surface area contributed by atoms with Crippen LogP contribution in [0.4, 0.5) is 5.69 Å². The average Bonchev–Trinajstić information content (AvgIpc) is 2.54. The number of sulfonamides is 1. The van der Waals surface area contributed by atoms with Crippen molar-refractivity contribution in [3.8, 4) is 0 Å². The van der Waals surface area contributed by atoms with Crippen LogP contribution < -0.4 is 4.31 Å². The van der Waals surface area contributed by atoms with Gasteiger partial charge in [0.25, 0.3) is 10.0 Å². The number of nitrogens with zero attached hydrogens (tertiary/aromatic N) is 1. The van der Waals surface area contributed by atoms with Gasteiger partial charge in [-0.1, -0.05) is 46.3 Å². The highest BCUT2D eigenvalue weighted by Gasteiger charge is 2.28. The van der Waals surface area contributed by atoms with Crippen LogP contribution in [0.25, 0.3) is 0 Å². The molecule has 21 heavy (non-hydrogen) atoms. The van der Waals surface area contributed by atoms with Crippen molar-refractivity contribution in [2.45, 2.75) is 23.1 Å². The Bertz CT molecular complexity index is 741. The number of halogens is 1. The Morgan fingerprint density at radius 1 is 1.05 bits per heavy atom. The van der Waals surface area contributed by atoms with E-state index in [1.807, 2.05) is 36.4 Å². The fourth-order valence-corrected chi connectivity index (χ4v) is 4.54. The molecule has 2 aromatic carbocycles. The van der Waals surface area contributed by atoms with E-state index in [2.05, 4.69) is 15.9 Å². The fourth-order valence-electron chi connectivity index (χ4n) is 2.63. The second kappa shape index (κ2) is 5.81. The van der Waals surface area contributed by atoms with Gasteiger partial charge in [0, 0.05) is 11.9 Å². The fraction of sp³-hybridized carbons (Fsp3) is 0.250. The molecule has 0 unspecified atom stereocenters. The number of alkyl halides is 1. The van der Waals surface area contributed by atoms with Crippen LogP contribution >= 0.6 is 15.9 Å². The number of hydrogen-bond donors (Lipinski definition) is 0. The molecular formula is C16H16BrNO2S. The van der Waals surface area contributed by atoms with Gasteiger partial charge in [0.2, 0.25) is 0 Å². The van der Waals surface area contributed by atoms with Gasteiger partial charge in [-0.15, -0.1) is 0 Å². The molecule has 3 nitrogen and oxygen atoms in total. The molecule has 0 saturated heterocycles. The zero-order chi connectivity index (χ0) is 14.9. The first-order chi connectivity index (χ1) is 10.1. The summed E-state index contributed by atoms with van der Waals surface area (Å²) in [6.07, 6.45) is 1.79. The molecule has 0 fully saturated rings. The van der Waals surface area contributed by atoms with E-state index in [0.717, 1.165) is 35.0 Å². The van der Waals surface area contributed by atoms with Gasteiger partial charge < -0.3 is 0 Å². The maximum Gasteiger partial charge on any atom is 0.264 e. The normalized spacial score (nSPS) is 14.8. The number of para-hydroxylation sites is 1. The monoisotopic (exact) mass is 365 g/mol. The summed E-state index contributed by atoms with van der Waals surface area (Å²) in [5.41, 5.74) is 2.98. The summed E-state index contributed by atoms with van der Waals surface area (Å²) in [7, 11) is -3.48. The van der Waals surface area contributed by atoms with Crippen LogP contribution in [0.3, 0.4) is 0 Å². The maximum atomic E-state index is 12.9. The van der Waals surface area contributed by atoms with Gasteiger partial charge in [-0.3, -0.25) is 4.31 Å². The van der Waals surface area contributed by atoms with Gasteiger partial charge in [-0.05, 0) is 42.2 Å². The van der Waals surface area contributed by atoms with E-state index in [9.17, 15) is 8.42 Å². The molecule has 0 atom stereocenters. The summed E-state index contributed by atoms with van der Waals surface area (Å²) in [6.45, 7) is 0.541. The summed E-state index contributed by atoms with van der Waals surface area (Å²) in [4.78, 5) is 0.351. The van der Waals surface area contributed by atoms with Gasteiger partial charge in [-0.2, -0.15) is 0 Å². The predicted molar refractivity (Wildman–Crippen MR) is 88.4 cm³/mol. The standard InChI is InChI=1S/C16H16BrNO2S/c17-12-13-7-9-15(10-8-13)21(19,20)18-11-3-5-14-4-1-2-6-16(14)18/h1-2,4,6-10H,3,5,11-12H2. The molecule has 0 amide bonds. The highest BCUT2D eigenvalue weighted by Crippen LogP contribution is 2.31. The van der Waals surface area contributed by atoms with Crippen molar-refractivity contribution in [3.05, 3.63) is 59.7 Å².